The lowest BCUT2D eigenvalue weighted by atomic mass is 9.78. The molecule has 2 aromatic rings. The molecule has 4 nitrogen and oxygen atoms in total. The molecule has 4 rings (SSSR count). The van der Waals surface area contributed by atoms with Gasteiger partial charge in [0, 0.05) is 17.5 Å². The molecule has 3 unspecified atom stereocenters. The second-order valence-corrected chi connectivity index (χ2v) is 8.61. The molecule has 160 valence electrons. The zero-order valence-electron chi connectivity index (χ0n) is 18.4. The third-order valence-corrected chi connectivity index (χ3v) is 6.75. The van der Waals surface area contributed by atoms with Gasteiger partial charge in [-0.1, -0.05) is 30.3 Å². The van der Waals surface area contributed by atoms with Crippen LogP contribution in [0.3, 0.4) is 0 Å². The van der Waals surface area contributed by atoms with E-state index >= 15 is 0 Å². The van der Waals surface area contributed by atoms with Crippen molar-refractivity contribution in [1.82, 2.24) is 4.90 Å². The molecule has 0 radical (unpaired) electrons. The van der Waals surface area contributed by atoms with E-state index in [1.165, 1.54) is 5.56 Å². The van der Waals surface area contributed by atoms with Crippen molar-refractivity contribution < 1.29 is 14.3 Å². The Hall–Kier alpha value is -2.33. The van der Waals surface area contributed by atoms with Crippen molar-refractivity contribution in [3.8, 4) is 11.5 Å². The lowest BCUT2D eigenvalue weighted by molar-refractivity contribution is 0.0758. The normalized spacial score (nSPS) is 24.0. The van der Waals surface area contributed by atoms with E-state index in [1.807, 2.05) is 26.0 Å². The molecule has 1 aliphatic heterocycles. The number of fused-ring (bicyclic) bond motifs is 1. The first-order valence-electron chi connectivity index (χ1n) is 11.3. The number of carbonyl (C=O) groups excluding carboxylic acids is 1. The molecule has 0 spiro atoms. The zero-order valence-corrected chi connectivity index (χ0v) is 18.4. The number of hydrogen-bond donors (Lipinski definition) is 0. The quantitative estimate of drug-likeness (QED) is 0.661. The molecule has 3 atom stereocenters. The van der Waals surface area contributed by atoms with Gasteiger partial charge in [0.25, 0.3) is 0 Å². The lowest BCUT2D eigenvalue weighted by Crippen LogP contribution is -2.43. The van der Waals surface area contributed by atoms with Crippen LogP contribution >= 0.6 is 0 Å². The fraction of sp³-hybridized carbons (Fsp3) is 0.500. The van der Waals surface area contributed by atoms with Gasteiger partial charge < -0.3 is 14.4 Å². The Morgan fingerprint density at radius 2 is 1.73 bits per heavy atom. The van der Waals surface area contributed by atoms with E-state index in [-0.39, 0.29) is 5.92 Å². The van der Waals surface area contributed by atoms with Gasteiger partial charge in [-0.3, -0.25) is 4.79 Å². The van der Waals surface area contributed by atoms with Gasteiger partial charge in [0.1, 0.15) is 0 Å². The third kappa shape index (κ3) is 4.24. The molecule has 30 heavy (non-hydrogen) atoms. The van der Waals surface area contributed by atoms with E-state index in [0.29, 0.717) is 36.7 Å². The Morgan fingerprint density at radius 1 is 1.03 bits per heavy atom. The maximum atomic E-state index is 13.4. The van der Waals surface area contributed by atoms with Crippen LogP contribution in [0.25, 0.3) is 0 Å². The Balaban J connectivity index is 1.51. The minimum atomic E-state index is 0.0818. The molecule has 1 aliphatic carbocycles. The number of nitrogens with zero attached hydrogens (tertiary/aromatic N) is 1. The topological polar surface area (TPSA) is 38.8 Å². The highest BCUT2D eigenvalue weighted by Crippen LogP contribution is 2.42. The fourth-order valence-electron chi connectivity index (χ4n) is 5.14. The maximum Gasteiger partial charge on any atom is 0.166 e. The summed E-state index contributed by atoms with van der Waals surface area (Å²) in [4.78, 5) is 15.8. The standard InChI is InChI=1S/C26H33NO3/c1-4-29-24-16-20-15-22(26(28)23(20)17-25(24)30-5-2)19-11-12-27(3)21(14-19)13-18-9-7-6-8-10-18/h6-10,16-17,19,21-22H,4-5,11-15H2,1-3H3. The molecular formula is C26H33NO3. The monoisotopic (exact) mass is 407 g/mol. The van der Waals surface area contributed by atoms with Crippen LogP contribution < -0.4 is 9.47 Å². The van der Waals surface area contributed by atoms with Gasteiger partial charge in [0.15, 0.2) is 17.3 Å². The maximum absolute atomic E-state index is 13.4. The predicted molar refractivity (Wildman–Crippen MR) is 120 cm³/mol. The highest BCUT2D eigenvalue weighted by atomic mass is 16.5. The molecule has 0 N–H and O–H groups in total. The summed E-state index contributed by atoms with van der Waals surface area (Å²) in [6.07, 6.45) is 4.03. The van der Waals surface area contributed by atoms with E-state index in [1.54, 1.807) is 0 Å². The van der Waals surface area contributed by atoms with Crippen molar-refractivity contribution >= 4 is 5.78 Å². The lowest BCUT2D eigenvalue weighted by Gasteiger charge is -2.39. The average Bonchev–Trinajstić information content (AvgIpc) is 3.07. The van der Waals surface area contributed by atoms with Crippen molar-refractivity contribution in [3.05, 3.63) is 59.2 Å². The summed E-state index contributed by atoms with van der Waals surface area (Å²) in [5, 5.41) is 0. The minimum Gasteiger partial charge on any atom is -0.490 e. The van der Waals surface area contributed by atoms with Gasteiger partial charge in [-0.05, 0) is 82.3 Å². The van der Waals surface area contributed by atoms with Gasteiger partial charge in [0.2, 0.25) is 0 Å². The van der Waals surface area contributed by atoms with Crippen molar-refractivity contribution in [2.24, 2.45) is 11.8 Å². The van der Waals surface area contributed by atoms with Crippen LogP contribution in [0, 0.1) is 11.8 Å². The first-order valence-corrected chi connectivity index (χ1v) is 11.3. The molecule has 1 heterocycles. The van der Waals surface area contributed by atoms with Crippen LogP contribution in [-0.2, 0) is 12.8 Å². The number of ether oxygens (including phenoxy) is 2. The number of ketones is 1. The third-order valence-electron chi connectivity index (χ3n) is 6.75. The summed E-state index contributed by atoms with van der Waals surface area (Å²) in [6.45, 7) is 6.14. The van der Waals surface area contributed by atoms with E-state index in [2.05, 4.69) is 42.3 Å². The Kier molecular flexibility index (Phi) is 6.43. The number of rotatable bonds is 7. The van der Waals surface area contributed by atoms with Crippen molar-refractivity contribution in [1.29, 1.82) is 0 Å². The van der Waals surface area contributed by atoms with E-state index < -0.39 is 0 Å². The molecular weight excluding hydrogens is 374 g/mol. The SMILES string of the molecule is CCOc1cc2c(cc1OCC)C(=O)C(C1CCN(C)C(Cc3ccccc3)C1)C2. The van der Waals surface area contributed by atoms with Crippen LogP contribution in [0.15, 0.2) is 42.5 Å². The largest absolute Gasteiger partial charge is 0.490 e. The van der Waals surface area contributed by atoms with Crippen LogP contribution in [-0.4, -0.2) is 43.5 Å². The minimum absolute atomic E-state index is 0.0818. The number of carbonyl (C=O) groups is 1. The van der Waals surface area contributed by atoms with Gasteiger partial charge in [-0.2, -0.15) is 0 Å². The summed E-state index contributed by atoms with van der Waals surface area (Å²) in [7, 11) is 2.22. The first kappa shape index (κ1) is 20.9. The number of piperidine rings is 1. The number of likely N-dealkylation sites (N-methyl/N-ethyl adjacent to an activating group) is 1. The molecule has 2 aromatic carbocycles. The zero-order chi connectivity index (χ0) is 21.1. The summed E-state index contributed by atoms with van der Waals surface area (Å²) in [5.74, 6) is 2.26. The Bertz CT molecular complexity index is 879. The smallest absolute Gasteiger partial charge is 0.166 e. The second kappa shape index (κ2) is 9.22. The number of Topliss-reactive ketones (excluding diaryl/α,β-unsaturated/α-hetero) is 1. The van der Waals surface area contributed by atoms with Gasteiger partial charge in [-0.25, -0.2) is 0 Å². The van der Waals surface area contributed by atoms with Crippen LogP contribution in [0.2, 0.25) is 0 Å². The van der Waals surface area contributed by atoms with E-state index in [9.17, 15) is 4.79 Å². The number of hydrogen-bond acceptors (Lipinski definition) is 4. The summed E-state index contributed by atoms with van der Waals surface area (Å²) in [6, 6.07) is 15.1. The molecule has 0 bridgehead atoms. The Morgan fingerprint density at radius 3 is 2.43 bits per heavy atom. The van der Waals surface area contributed by atoms with Gasteiger partial charge in [-0.15, -0.1) is 0 Å². The Labute approximate surface area is 180 Å². The van der Waals surface area contributed by atoms with Crippen molar-refractivity contribution in [2.75, 3.05) is 26.8 Å². The second-order valence-electron chi connectivity index (χ2n) is 8.61. The molecule has 1 fully saturated rings. The predicted octanol–water partition coefficient (Wildman–Crippen LogP) is 4.79. The van der Waals surface area contributed by atoms with Gasteiger partial charge >= 0.3 is 0 Å². The highest BCUT2D eigenvalue weighted by Gasteiger charge is 2.40. The highest BCUT2D eigenvalue weighted by molar-refractivity contribution is 6.03. The molecule has 2 aliphatic rings. The molecule has 0 aromatic heterocycles. The summed E-state index contributed by atoms with van der Waals surface area (Å²) >= 11 is 0. The van der Waals surface area contributed by atoms with Crippen LogP contribution in [0.5, 0.6) is 11.5 Å². The van der Waals surface area contributed by atoms with Crippen molar-refractivity contribution in [3.63, 3.8) is 0 Å². The van der Waals surface area contributed by atoms with Gasteiger partial charge in [0.05, 0.1) is 13.2 Å². The molecule has 0 saturated carbocycles. The summed E-state index contributed by atoms with van der Waals surface area (Å²) in [5.41, 5.74) is 3.33. The average molecular weight is 408 g/mol. The summed E-state index contributed by atoms with van der Waals surface area (Å²) < 4.78 is 11.5. The number of likely N-dealkylation sites (tertiary alicyclic amines) is 1. The first-order chi connectivity index (χ1) is 14.6. The van der Waals surface area contributed by atoms with E-state index in [0.717, 1.165) is 49.1 Å². The van der Waals surface area contributed by atoms with Crippen LogP contribution in [0.4, 0.5) is 0 Å². The molecule has 0 amide bonds. The number of benzene rings is 2. The molecule has 1 saturated heterocycles. The van der Waals surface area contributed by atoms with Crippen LogP contribution in [0.1, 0.15) is 48.2 Å². The fourth-order valence-corrected chi connectivity index (χ4v) is 5.14. The van der Waals surface area contributed by atoms with Crippen molar-refractivity contribution in [2.45, 2.75) is 45.6 Å². The molecule has 4 heteroatoms. The van der Waals surface area contributed by atoms with E-state index in [4.69, 9.17) is 9.47 Å².